The van der Waals surface area contributed by atoms with E-state index < -0.39 is 5.79 Å². The SMILES string of the molecule is CC(C)c1nc(CC(=O)Nc2ccc3c(c2)OC2(CCCC2)O3)cs1. The number of nitrogens with zero attached hydrogens (tertiary/aromatic N) is 1. The number of aromatic nitrogens is 1. The predicted molar refractivity (Wildman–Crippen MR) is 97.4 cm³/mol. The van der Waals surface area contributed by atoms with Crippen LogP contribution in [0.15, 0.2) is 23.6 Å². The maximum absolute atomic E-state index is 12.3. The van der Waals surface area contributed by atoms with Gasteiger partial charge in [-0.15, -0.1) is 11.3 Å². The normalized spacial score (nSPS) is 17.4. The molecule has 1 aromatic carbocycles. The van der Waals surface area contributed by atoms with Crippen molar-refractivity contribution in [3.63, 3.8) is 0 Å². The summed E-state index contributed by atoms with van der Waals surface area (Å²) in [5, 5.41) is 5.95. The third kappa shape index (κ3) is 3.35. The highest BCUT2D eigenvalue weighted by molar-refractivity contribution is 7.09. The molecule has 1 aliphatic heterocycles. The second-order valence-corrected chi connectivity index (χ2v) is 7.93. The molecule has 1 spiro atoms. The lowest BCUT2D eigenvalue weighted by Crippen LogP contribution is -2.34. The van der Waals surface area contributed by atoms with E-state index in [1.807, 2.05) is 23.6 Å². The Balaban J connectivity index is 1.41. The molecule has 132 valence electrons. The molecular weight excluding hydrogens is 336 g/mol. The van der Waals surface area contributed by atoms with Crippen molar-refractivity contribution >= 4 is 22.9 Å². The van der Waals surface area contributed by atoms with Crippen LogP contribution in [0.2, 0.25) is 0 Å². The van der Waals surface area contributed by atoms with E-state index >= 15 is 0 Å². The lowest BCUT2D eigenvalue weighted by atomic mass is 10.2. The second-order valence-electron chi connectivity index (χ2n) is 7.04. The molecule has 1 N–H and O–H groups in total. The fourth-order valence-electron chi connectivity index (χ4n) is 3.33. The van der Waals surface area contributed by atoms with Crippen molar-refractivity contribution in [1.29, 1.82) is 0 Å². The first kappa shape index (κ1) is 16.4. The largest absolute Gasteiger partial charge is 0.448 e. The van der Waals surface area contributed by atoms with Gasteiger partial charge in [0.25, 0.3) is 5.79 Å². The van der Waals surface area contributed by atoms with Crippen LogP contribution in [0.5, 0.6) is 11.5 Å². The maximum Gasteiger partial charge on any atom is 0.251 e. The number of nitrogens with one attached hydrogen (secondary N) is 1. The number of thiazole rings is 1. The van der Waals surface area contributed by atoms with Crippen LogP contribution in [-0.2, 0) is 11.2 Å². The van der Waals surface area contributed by atoms with Gasteiger partial charge in [0.2, 0.25) is 5.91 Å². The number of ether oxygens (including phenoxy) is 2. The van der Waals surface area contributed by atoms with Crippen LogP contribution in [-0.4, -0.2) is 16.7 Å². The number of hydrogen-bond acceptors (Lipinski definition) is 5. The van der Waals surface area contributed by atoms with Crippen molar-refractivity contribution in [2.45, 2.75) is 57.7 Å². The fourth-order valence-corrected chi connectivity index (χ4v) is 4.16. The standard InChI is InChI=1S/C19H22N2O3S/c1-12(2)18-21-14(11-25-18)10-17(22)20-13-5-6-15-16(9-13)24-19(23-15)7-3-4-8-19/h5-6,9,11-12H,3-4,7-8,10H2,1-2H3,(H,20,22). The third-order valence-corrected chi connectivity index (χ3v) is 5.78. The van der Waals surface area contributed by atoms with E-state index in [2.05, 4.69) is 24.1 Å². The minimum atomic E-state index is -0.473. The Kier molecular flexibility index (Phi) is 4.15. The summed E-state index contributed by atoms with van der Waals surface area (Å²) >= 11 is 1.61. The number of rotatable bonds is 4. The van der Waals surface area contributed by atoms with Gasteiger partial charge in [-0.25, -0.2) is 4.98 Å². The van der Waals surface area contributed by atoms with Crippen LogP contribution in [0.4, 0.5) is 5.69 Å². The van der Waals surface area contributed by atoms with Gasteiger partial charge in [0, 0.05) is 35.9 Å². The van der Waals surface area contributed by atoms with Crippen molar-refractivity contribution < 1.29 is 14.3 Å². The van der Waals surface area contributed by atoms with Crippen LogP contribution < -0.4 is 14.8 Å². The molecule has 0 radical (unpaired) electrons. The molecule has 1 amide bonds. The predicted octanol–water partition coefficient (Wildman–Crippen LogP) is 4.49. The lowest BCUT2D eigenvalue weighted by Gasteiger charge is -2.21. The topological polar surface area (TPSA) is 60.5 Å². The average molecular weight is 358 g/mol. The Hall–Kier alpha value is -2.08. The van der Waals surface area contributed by atoms with E-state index in [1.54, 1.807) is 11.3 Å². The third-order valence-electron chi connectivity index (χ3n) is 4.59. The molecule has 1 saturated carbocycles. The van der Waals surface area contributed by atoms with Crippen molar-refractivity contribution in [3.8, 4) is 11.5 Å². The first-order valence-electron chi connectivity index (χ1n) is 8.79. The number of carbonyl (C=O) groups is 1. The molecule has 0 unspecified atom stereocenters. The highest BCUT2D eigenvalue weighted by Crippen LogP contribution is 2.47. The summed E-state index contributed by atoms with van der Waals surface area (Å²) in [7, 11) is 0. The minimum Gasteiger partial charge on any atom is -0.448 e. The summed E-state index contributed by atoms with van der Waals surface area (Å²) in [6.45, 7) is 4.21. The monoisotopic (exact) mass is 358 g/mol. The van der Waals surface area contributed by atoms with E-state index in [-0.39, 0.29) is 12.3 Å². The molecule has 1 aliphatic carbocycles. The fraction of sp³-hybridized carbons (Fsp3) is 0.474. The molecule has 0 bridgehead atoms. The number of amides is 1. The molecule has 2 heterocycles. The van der Waals surface area contributed by atoms with E-state index in [1.165, 1.54) is 0 Å². The summed E-state index contributed by atoms with van der Waals surface area (Å²) in [4.78, 5) is 16.8. The summed E-state index contributed by atoms with van der Waals surface area (Å²) in [6, 6.07) is 5.58. The Morgan fingerprint density at radius 2 is 2.04 bits per heavy atom. The van der Waals surface area contributed by atoms with E-state index in [4.69, 9.17) is 9.47 Å². The van der Waals surface area contributed by atoms with Crippen LogP contribution in [0, 0.1) is 0 Å². The molecule has 1 fully saturated rings. The Morgan fingerprint density at radius 1 is 1.28 bits per heavy atom. The number of benzene rings is 1. The zero-order chi connectivity index (χ0) is 17.4. The first-order valence-corrected chi connectivity index (χ1v) is 9.67. The maximum atomic E-state index is 12.3. The molecule has 5 nitrogen and oxygen atoms in total. The lowest BCUT2D eigenvalue weighted by molar-refractivity contribution is -0.115. The highest BCUT2D eigenvalue weighted by atomic mass is 32.1. The van der Waals surface area contributed by atoms with Crippen LogP contribution >= 0.6 is 11.3 Å². The van der Waals surface area contributed by atoms with E-state index in [9.17, 15) is 4.79 Å². The summed E-state index contributed by atoms with van der Waals surface area (Å²) < 4.78 is 12.0. The van der Waals surface area contributed by atoms with Gasteiger partial charge < -0.3 is 14.8 Å². The van der Waals surface area contributed by atoms with E-state index in [0.717, 1.165) is 53.6 Å². The molecule has 0 atom stereocenters. The van der Waals surface area contributed by atoms with Gasteiger partial charge in [-0.2, -0.15) is 0 Å². The van der Waals surface area contributed by atoms with Gasteiger partial charge in [-0.05, 0) is 25.0 Å². The minimum absolute atomic E-state index is 0.0740. The number of anilines is 1. The summed E-state index contributed by atoms with van der Waals surface area (Å²) in [5.41, 5.74) is 1.54. The van der Waals surface area contributed by atoms with Gasteiger partial charge >= 0.3 is 0 Å². The van der Waals surface area contributed by atoms with Crippen molar-refractivity contribution in [1.82, 2.24) is 4.98 Å². The zero-order valence-corrected chi connectivity index (χ0v) is 15.3. The van der Waals surface area contributed by atoms with E-state index in [0.29, 0.717) is 5.92 Å². The summed E-state index contributed by atoms with van der Waals surface area (Å²) in [5.74, 6) is 1.32. The molecule has 0 saturated heterocycles. The Morgan fingerprint density at radius 3 is 2.76 bits per heavy atom. The van der Waals surface area contributed by atoms with Gasteiger partial charge in [0.05, 0.1) is 17.1 Å². The average Bonchev–Trinajstić information content (AvgIpc) is 3.27. The zero-order valence-electron chi connectivity index (χ0n) is 14.5. The second kappa shape index (κ2) is 6.33. The summed E-state index contributed by atoms with van der Waals surface area (Å²) in [6.07, 6.45) is 4.38. The number of hydrogen-bond donors (Lipinski definition) is 1. The van der Waals surface area contributed by atoms with Crippen molar-refractivity contribution in [2.24, 2.45) is 0 Å². The molecule has 2 aromatic rings. The van der Waals surface area contributed by atoms with Crippen molar-refractivity contribution in [3.05, 3.63) is 34.3 Å². The van der Waals surface area contributed by atoms with Crippen LogP contribution in [0.3, 0.4) is 0 Å². The first-order chi connectivity index (χ1) is 12.0. The van der Waals surface area contributed by atoms with Gasteiger partial charge in [0.15, 0.2) is 11.5 Å². The quantitative estimate of drug-likeness (QED) is 0.875. The van der Waals surface area contributed by atoms with Gasteiger partial charge in [-0.3, -0.25) is 4.79 Å². The Bertz CT molecular complexity index is 794. The Labute approximate surface area is 151 Å². The smallest absolute Gasteiger partial charge is 0.251 e. The molecule has 4 rings (SSSR count). The molecule has 25 heavy (non-hydrogen) atoms. The molecule has 1 aromatic heterocycles. The molecule has 2 aliphatic rings. The number of fused-ring (bicyclic) bond motifs is 1. The molecule has 6 heteroatoms. The van der Waals surface area contributed by atoms with Gasteiger partial charge in [-0.1, -0.05) is 13.8 Å². The van der Waals surface area contributed by atoms with Crippen LogP contribution in [0.25, 0.3) is 0 Å². The number of carbonyl (C=O) groups excluding carboxylic acids is 1. The molecular formula is C19H22N2O3S. The van der Waals surface area contributed by atoms with Crippen LogP contribution in [0.1, 0.15) is 56.2 Å². The van der Waals surface area contributed by atoms with Gasteiger partial charge in [0.1, 0.15) is 0 Å². The van der Waals surface area contributed by atoms with Crippen molar-refractivity contribution in [2.75, 3.05) is 5.32 Å². The highest BCUT2D eigenvalue weighted by Gasteiger charge is 2.44.